The lowest BCUT2D eigenvalue weighted by molar-refractivity contribution is -0.170. The number of halogens is 1. The number of ether oxygens (including phenoxy) is 4. The molecule has 1 aromatic rings. The zero-order valence-electron chi connectivity index (χ0n) is 12.1. The molecule has 112 valence electrons. The molecule has 0 amide bonds. The van der Waals surface area contributed by atoms with Gasteiger partial charge < -0.3 is 18.9 Å². The van der Waals surface area contributed by atoms with Crippen molar-refractivity contribution >= 4 is 5.97 Å². The van der Waals surface area contributed by atoms with Gasteiger partial charge >= 0.3 is 5.97 Å². The molecule has 1 rings (SSSR count). The molecule has 0 aliphatic carbocycles. The number of rotatable bonds is 7. The topological polar surface area (TPSA) is 54.0 Å². The van der Waals surface area contributed by atoms with Gasteiger partial charge in [-0.3, -0.25) is 0 Å². The third kappa shape index (κ3) is 3.60. The standard InChI is InChI=1S/C14H19FO5/c1-14(9-15,19-4)13(16)20-8-10-5-6-11(17-2)7-12(10)18-3/h5-7H,8-9H2,1-4H3. The molecule has 6 heteroatoms. The number of carbonyl (C=O) groups is 1. The molecule has 1 unspecified atom stereocenters. The van der Waals surface area contributed by atoms with Gasteiger partial charge in [-0.15, -0.1) is 0 Å². The van der Waals surface area contributed by atoms with Crippen LogP contribution in [0.25, 0.3) is 0 Å². The van der Waals surface area contributed by atoms with Crippen molar-refractivity contribution in [3.8, 4) is 11.5 Å². The van der Waals surface area contributed by atoms with E-state index in [1.165, 1.54) is 21.1 Å². The molecule has 0 fully saturated rings. The van der Waals surface area contributed by atoms with Crippen molar-refractivity contribution in [1.29, 1.82) is 0 Å². The van der Waals surface area contributed by atoms with Gasteiger partial charge in [0.05, 0.1) is 14.2 Å². The fourth-order valence-corrected chi connectivity index (χ4v) is 1.46. The number of hydrogen-bond donors (Lipinski definition) is 0. The Bertz CT molecular complexity index is 457. The molecule has 1 atom stereocenters. The number of alkyl halides is 1. The van der Waals surface area contributed by atoms with E-state index in [0.29, 0.717) is 17.1 Å². The molecule has 0 spiro atoms. The minimum Gasteiger partial charge on any atom is -0.497 e. The van der Waals surface area contributed by atoms with Crippen LogP contribution < -0.4 is 9.47 Å². The lowest BCUT2D eigenvalue weighted by Gasteiger charge is -2.22. The van der Waals surface area contributed by atoms with Gasteiger partial charge in [0.15, 0.2) is 5.60 Å². The van der Waals surface area contributed by atoms with E-state index in [9.17, 15) is 9.18 Å². The fourth-order valence-electron chi connectivity index (χ4n) is 1.46. The molecule has 20 heavy (non-hydrogen) atoms. The molecular formula is C14H19FO5. The van der Waals surface area contributed by atoms with Crippen molar-refractivity contribution in [2.75, 3.05) is 28.0 Å². The van der Waals surface area contributed by atoms with Gasteiger partial charge in [0, 0.05) is 18.7 Å². The van der Waals surface area contributed by atoms with Crippen LogP contribution in [0.1, 0.15) is 12.5 Å². The highest BCUT2D eigenvalue weighted by atomic mass is 19.1. The molecule has 1 aromatic carbocycles. The van der Waals surface area contributed by atoms with Gasteiger partial charge in [0.1, 0.15) is 24.8 Å². The van der Waals surface area contributed by atoms with E-state index in [2.05, 4.69) is 0 Å². The molecule has 0 aliphatic heterocycles. The Kier molecular flexibility index (Phi) is 5.76. The van der Waals surface area contributed by atoms with E-state index in [-0.39, 0.29) is 6.61 Å². The highest BCUT2D eigenvalue weighted by Crippen LogP contribution is 2.25. The summed E-state index contributed by atoms with van der Waals surface area (Å²) in [6, 6.07) is 5.11. The van der Waals surface area contributed by atoms with Crippen LogP contribution in [-0.2, 0) is 20.9 Å². The maximum Gasteiger partial charge on any atom is 0.341 e. The molecule has 5 nitrogen and oxygen atoms in total. The summed E-state index contributed by atoms with van der Waals surface area (Å²) < 4.78 is 32.9. The maximum atomic E-state index is 12.8. The molecule has 0 aromatic heterocycles. The van der Waals surface area contributed by atoms with E-state index < -0.39 is 18.2 Å². The average molecular weight is 286 g/mol. The van der Waals surface area contributed by atoms with Crippen LogP contribution in [0, 0.1) is 0 Å². The van der Waals surface area contributed by atoms with Crippen molar-refractivity contribution < 1.29 is 28.1 Å². The van der Waals surface area contributed by atoms with Crippen molar-refractivity contribution in [1.82, 2.24) is 0 Å². The summed E-state index contributed by atoms with van der Waals surface area (Å²) in [4.78, 5) is 11.8. The molecule has 0 radical (unpaired) electrons. The molecule has 0 saturated carbocycles. The van der Waals surface area contributed by atoms with Crippen molar-refractivity contribution in [3.05, 3.63) is 23.8 Å². The number of hydrogen-bond acceptors (Lipinski definition) is 5. The maximum absolute atomic E-state index is 12.8. The summed E-state index contributed by atoms with van der Waals surface area (Å²) in [6.07, 6.45) is 0. The smallest absolute Gasteiger partial charge is 0.341 e. The van der Waals surface area contributed by atoms with E-state index >= 15 is 0 Å². The van der Waals surface area contributed by atoms with Crippen molar-refractivity contribution in [3.63, 3.8) is 0 Å². The quantitative estimate of drug-likeness (QED) is 0.719. The number of methoxy groups -OCH3 is 3. The minimum atomic E-state index is -1.58. The first kappa shape index (κ1) is 16.2. The SMILES string of the molecule is COc1ccc(COC(=O)C(C)(CF)OC)c(OC)c1. The number of esters is 1. The van der Waals surface area contributed by atoms with Crippen LogP contribution >= 0.6 is 0 Å². The second kappa shape index (κ2) is 7.09. The van der Waals surface area contributed by atoms with E-state index in [0.717, 1.165) is 0 Å². The van der Waals surface area contributed by atoms with Gasteiger partial charge in [0.25, 0.3) is 0 Å². The number of carbonyl (C=O) groups excluding carboxylic acids is 1. The Morgan fingerprint density at radius 3 is 2.45 bits per heavy atom. The molecule has 0 N–H and O–H groups in total. The number of benzene rings is 1. The monoisotopic (exact) mass is 286 g/mol. The van der Waals surface area contributed by atoms with Gasteiger partial charge in [-0.25, -0.2) is 9.18 Å². The minimum absolute atomic E-state index is 0.0368. The summed E-state index contributed by atoms with van der Waals surface area (Å²) in [6.45, 7) is 0.341. The van der Waals surface area contributed by atoms with Crippen LogP contribution in [0.4, 0.5) is 4.39 Å². The second-order valence-corrected chi connectivity index (χ2v) is 4.32. The van der Waals surface area contributed by atoms with Gasteiger partial charge in [-0.1, -0.05) is 0 Å². The van der Waals surface area contributed by atoms with Gasteiger partial charge in [-0.05, 0) is 19.1 Å². The lowest BCUT2D eigenvalue weighted by Crippen LogP contribution is -2.41. The predicted molar refractivity (Wildman–Crippen MR) is 70.7 cm³/mol. The van der Waals surface area contributed by atoms with E-state index in [1.54, 1.807) is 25.3 Å². The average Bonchev–Trinajstić information content (AvgIpc) is 2.51. The molecule has 0 saturated heterocycles. The lowest BCUT2D eigenvalue weighted by atomic mass is 10.1. The first-order chi connectivity index (χ1) is 9.50. The van der Waals surface area contributed by atoms with E-state index in [1.807, 2.05) is 0 Å². The Morgan fingerprint density at radius 2 is 1.95 bits per heavy atom. The van der Waals surface area contributed by atoms with Gasteiger partial charge in [-0.2, -0.15) is 0 Å². The zero-order valence-corrected chi connectivity index (χ0v) is 12.1. The fraction of sp³-hybridized carbons (Fsp3) is 0.500. The summed E-state index contributed by atoms with van der Waals surface area (Å²) in [5.74, 6) is 0.388. The van der Waals surface area contributed by atoms with Crippen LogP contribution in [-0.4, -0.2) is 39.6 Å². The predicted octanol–water partition coefficient (Wildman–Crippen LogP) is 2.12. The molecule has 0 bridgehead atoms. The largest absolute Gasteiger partial charge is 0.497 e. The first-order valence-corrected chi connectivity index (χ1v) is 6.00. The Balaban J connectivity index is 2.77. The second-order valence-electron chi connectivity index (χ2n) is 4.32. The third-order valence-electron chi connectivity index (χ3n) is 2.99. The van der Waals surface area contributed by atoms with Crippen molar-refractivity contribution in [2.45, 2.75) is 19.1 Å². The highest BCUT2D eigenvalue weighted by Gasteiger charge is 2.35. The van der Waals surface area contributed by atoms with Gasteiger partial charge in [0.2, 0.25) is 0 Å². The van der Waals surface area contributed by atoms with Crippen LogP contribution in [0.5, 0.6) is 11.5 Å². The Hall–Kier alpha value is -1.82. The summed E-state index contributed by atoms with van der Waals surface area (Å²) >= 11 is 0. The normalized spacial score (nSPS) is 13.4. The van der Waals surface area contributed by atoms with Crippen molar-refractivity contribution in [2.24, 2.45) is 0 Å². The highest BCUT2D eigenvalue weighted by molar-refractivity contribution is 5.79. The molecular weight excluding hydrogens is 267 g/mol. The van der Waals surface area contributed by atoms with Crippen LogP contribution in [0.15, 0.2) is 18.2 Å². The summed E-state index contributed by atoms with van der Waals surface area (Å²) in [5.41, 5.74) is -0.932. The summed E-state index contributed by atoms with van der Waals surface area (Å²) in [5, 5.41) is 0. The van der Waals surface area contributed by atoms with Crippen LogP contribution in [0.2, 0.25) is 0 Å². The third-order valence-corrected chi connectivity index (χ3v) is 2.99. The molecule has 0 heterocycles. The zero-order chi connectivity index (χ0) is 15.2. The summed E-state index contributed by atoms with van der Waals surface area (Å²) in [7, 11) is 4.30. The Labute approximate surface area is 117 Å². The Morgan fingerprint density at radius 1 is 1.25 bits per heavy atom. The first-order valence-electron chi connectivity index (χ1n) is 6.00. The van der Waals surface area contributed by atoms with E-state index in [4.69, 9.17) is 18.9 Å². The van der Waals surface area contributed by atoms with Crippen LogP contribution in [0.3, 0.4) is 0 Å². The molecule has 0 aliphatic rings.